The summed E-state index contributed by atoms with van der Waals surface area (Å²) >= 11 is 5.87. The SMILES string of the molecule is NC(C(=O)Nc1ccc(-c2ncnc3[nH]ccc23)cc1)c1ccc(Cl)cc1. The molecule has 0 aliphatic rings. The highest BCUT2D eigenvalue weighted by atomic mass is 35.5. The van der Waals surface area contributed by atoms with Crippen LogP contribution in [-0.2, 0) is 4.79 Å². The second-order valence-corrected chi connectivity index (χ2v) is 6.49. The fourth-order valence-corrected chi connectivity index (χ4v) is 2.98. The van der Waals surface area contributed by atoms with Gasteiger partial charge < -0.3 is 16.0 Å². The van der Waals surface area contributed by atoms with Crippen LogP contribution in [-0.4, -0.2) is 20.9 Å². The van der Waals surface area contributed by atoms with Crippen LogP contribution >= 0.6 is 11.6 Å². The minimum Gasteiger partial charge on any atom is -0.346 e. The van der Waals surface area contributed by atoms with E-state index >= 15 is 0 Å². The fourth-order valence-electron chi connectivity index (χ4n) is 2.86. The van der Waals surface area contributed by atoms with Gasteiger partial charge in [0.25, 0.3) is 0 Å². The molecule has 2 aromatic carbocycles. The number of hydrogen-bond donors (Lipinski definition) is 3. The van der Waals surface area contributed by atoms with E-state index in [-0.39, 0.29) is 5.91 Å². The number of aromatic amines is 1. The van der Waals surface area contributed by atoms with E-state index in [1.807, 2.05) is 36.5 Å². The zero-order valence-electron chi connectivity index (χ0n) is 14.2. The van der Waals surface area contributed by atoms with E-state index in [2.05, 4.69) is 20.3 Å². The third-order valence-electron chi connectivity index (χ3n) is 4.29. The maximum Gasteiger partial charge on any atom is 0.245 e. The first kappa shape index (κ1) is 17.2. The lowest BCUT2D eigenvalue weighted by Crippen LogP contribution is -2.27. The Morgan fingerprint density at radius 3 is 2.52 bits per heavy atom. The number of nitrogens with two attached hydrogens (primary N) is 1. The average Bonchev–Trinajstić information content (AvgIpc) is 3.17. The lowest BCUT2D eigenvalue weighted by atomic mass is 10.1. The molecule has 2 aromatic heterocycles. The van der Waals surface area contributed by atoms with E-state index in [1.54, 1.807) is 24.3 Å². The number of fused-ring (bicyclic) bond motifs is 1. The number of H-pyrrole nitrogens is 1. The van der Waals surface area contributed by atoms with Gasteiger partial charge in [-0.1, -0.05) is 35.9 Å². The maximum atomic E-state index is 12.4. The van der Waals surface area contributed by atoms with Crippen LogP contribution in [0.4, 0.5) is 5.69 Å². The van der Waals surface area contributed by atoms with Crippen molar-refractivity contribution in [3.8, 4) is 11.3 Å². The van der Waals surface area contributed by atoms with Crippen LogP contribution < -0.4 is 11.1 Å². The molecular formula is C20H16ClN5O. The Balaban J connectivity index is 1.51. The second kappa shape index (κ2) is 7.19. The third-order valence-corrected chi connectivity index (χ3v) is 4.54. The highest BCUT2D eigenvalue weighted by molar-refractivity contribution is 6.30. The van der Waals surface area contributed by atoms with Crippen molar-refractivity contribution in [2.24, 2.45) is 5.73 Å². The van der Waals surface area contributed by atoms with Gasteiger partial charge in [-0.2, -0.15) is 0 Å². The molecule has 0 aliphatic carbocycles. The fraction of sp³-hybridized carbons (Fsp3) is 0.0500. The number of anilines is 1. The summed E-state index contributed by atoms with van der Waals surface area (Å²) in [5, 5.41) is 4.37. The first-order valence-corrected chi connectivity index (χ1v) is 8.70. The second-order valence-electron chi connectivity index (χ2n) is 6.06. The maximum absolute atomic E-state index is 12.4. The van der Waals surface area contributed by atoms with Crippen molar-refractivity contribution >= 4 is 34.2 Å². The van der Waals surface area contributed by atoms with Gasteiger partial charge in [-0.05, 0) is 35.9 Å². The quantitative estimate of drug-likeness (QED) is 0.502. The summed E-state index contributed by atoms with van der Waals surface area (Å²) in [6.45, 7) is 0. The molecule has 27 heavy (non-hydrogen) atoms. The van der Waals surface area contributed by atoms with Crippen LogP contribution in [0, 0.1) is 0 Å². The van der Waals surface area contributed by atoms with Crippen molar-refractivity contribution in [3.05, 3.63) is 77.7 Å². The van der Waals surface area contributed by atoms with Crippen molar-refractivity contribution in [2.75, 3.05) is 5.32 Å². The highest BCUT2D eigenvalue weighted by Crippen LogP contribution is 2.26. The highest BCUT2D eigenvalue weighted by Gasteiger charge is 2.16. The predicted molar refractivity (Wildman–Crippen MR) is 106 cm³/mol. The molecule has 0 aliphatic heterocycles. The van der Waals surface area contributed by atoms with Gasteiger partial charge in [-0.3, -0.25) is 4.79 Å². The molecular weight excluding hydrogens is 362 g/mol. The molecule has 1 unspecified atom stereocenters. The Morgan fingerprint density at radius 1 is 1.04 bits per heavy atom. The van der Waals surface area contributed by atoms with Crippen LogP contribution in [0.25, 0.3) is 22.3 Å². The van der Waals surface area contributed by atoms with Crippen LogP contribution in [0.15, 0.2) is 67.1 Å². The number of halogens is 1. The molecule has 0 bridgehead atoms. The number of amides is 1. The van der Waals surface area contributed by atoms with Gasteiger partial charge in [0.05, 0.1) is 5.69 Å². The molecule has 2 heterocycles. The number of aromatic nitrogens is 3. The number of hydrogen-bond acceptors (Lipinski definition) is 4. The van der Waals surface area contributed by atoms with Crippen LogP contribution in [0.5, 0.6) is 0 Å². The van der Waals surface area contributed by atoms with E-state index in [1.165, 1.54) is 6.33 Å². The summed E-state index contributed by atoms with van der Waals surface area (Å²) in [7, 11) is 0. The van der Waals surface area contributed by atoms with Crippen molar-refractivity contribution in [1.82, 2.24) is 15.0 Å². The predicted octanol–water partition coefficient (Wildman–Crippen LogP) is 3.92. The number of rotatable bonds is 4. The topological polar surface area (TPSA) is 96.7 Å². The normalized spacial score (nSPS) is 12.1. The average molecular weight is 378 g/mol. The molecule has 0 saturated carbocycles. The van der Waals surface area contributed by atoms with Crippen molar-refractivity contribution < 1.29 is 4.79 Å². The molecule has 4 aromatic rings. The molecule has 1 atom stereocenters. The van der Waals surface area contributed by atoms with Gasteiger partial charge in [-0.15, -0.1) is 0 Å². The Labute approximate surface area is 160 Å². The number of carbonyl (C=O) groups excluding carboxylic acids is 1. The van der Waals surface area contributed by atoms with Crippen molar-refractivity contribution in [1.29, 1.82) is 0 Å². The molecule has 0 fully saturated rings. The Kier molecular flexibility index (Phi) is 4.58. The molecule has 4 rings (SSSR count). The molecule has 0 saturated heterocycles. The van der Waals surface area contributed by atoms with Gasteiger partial charge >= 0.3 is 0 Å². The molecule has 0 spiro atoms. The summed E-state index contributed by atoms with van der Waals surface area (Å²) in [6.07, 6.45) is 3.35. The Morgan fingerprint density at radius 2 is 1.78 bits per heavy atom. The minimum absolute atomic E-state index is 0.292. The molecule has 0 radical (unpaired) electrons. The van der Waals surface area contributed by atoms with Gasteiger partial charge in [0.15, 0.2) is 0 Å². The van der Waals surface area contributed by atoms with Crippen LogP contribution in [0.1, 0.15) is 11.6 Å². The monoisotopic (exact) mass is 377 g/mol. The van der Waals surface area contributed by atoms with Gasteiger partial charge in [-0.25, -0.2) is 9.97 Å². The lowest BCUT2D eigenvalue weighted by molar-refractivity contribution is -0.117. The first-order valence-electron chi connectivity index (χ1n) is 8.32. The van der Waals surface area contributed by atoms with E-state index in [0.29, 0.717) is 16.3 Å². The number of benzene rings is 2. The van der Waals surface area contributed by atoms with Gasteiger partial charge in [0.1, 0.15) is 18.0 Å². The zero-order valence-corrected chi connectivity index (χ0v) is 14.9. The molecule has 7 heteroatoms. The summed E-state index contributed by atoms with van der Waals surface area (Å²) in [5.41, 5.74) is 9.94. The number of nitrogens with zero attached hydrogens (tertiary/aromatic N) is 2. The Bertz CT molecular complexity index is 1090. The van der Waals surface area contributed by atoms with E-state index in [9.17, 15) is 4.79 Å². The molecule has 6 nitrogen and oxygen atoms in total. The Hall–Kier alpha value is -3.22. The van der Waals surface area contributed by atoms with E-state index < -0.39 is 6.04 Å². The van der Waals surface area contributed by atoms with E-state index in [4.69, 9.17) is 17.3 Å². The van der Waals surface area contributed by atoms with Gasteiger partial charge in [0.2, 0.25) is 5.91 Å². The van der Waals surface area contributed by atoms with E-state index in [0.717, 1.165) is 22.3 Å². The molecule has 1 amide bonds. The number of nitrogens with one attached hydrogen (secondary N) is 2. The van der Waals surface area contributed by atoms with Crippen LogP contribution in [0.3, 0.4) is 0 Å². The van der Waals surface area contributed by atoms with Gasteiger partial charge in [0, 0.05) is 27.9 Å². The minimum atomic E-state index is -0.775. The third kappa shape index (κ3) is 3.53. The summed E-state index contributed by atoms with van der Waals surface area (Å²) in [5.74, 6) is -0.292. The molecule has 134 valence electrons. The zero-order chi connectivity index (χ0) is 18.8. The van der Waals surface area contributed by atoms with Crippen LogP contribution in [0.2, 0.25) is 5.02 Å². The van der Waals surface area contributed by atoms with Crippen molar-refractivity contribution in [2.45, 2.75) is 6.04 Å². The molecule has 4 N–H and O–H groups in total. The summed E-state index contributed by atoms with van der Waals surface area (Å²) in [6, 6.07) is 15.5. The standard InChI is InChI=1S/C20H16ClN5O/c21-14-5-1-12(2-6-14)17(22)20(27)26-15-7-3-13(4-8-15)18-16-9-10-23-19(16)25-11-24-18/h1-11,17H,22H2,(H,26,27)(H,23,24,25). The first-order chi connectivity index (χ1) is 13.1. The smallest absolute Gasteiger partial charge is 0.245 e. The van der Waals surface area contributed by atoms with Crippen molar-refractivity contribution in [3.63, 3.8) is 0 Å². The number of carbonyl (C=O) groups is 1. The lowest BCUT2D eigenvalue weighted by Gasteiger charge is -2.13. The summed E-state index contributed by atoms with van der Waals surface area (Å²) in [4.78, 5) is 24.0. The largest absolute Gasteiger partial charge is 0.346 e. The summed E-state index contributed by atoms with van der Waals surface area (Å²) < 4.78 is 0.